The highest BCUT2D eigenvalue weighted by Gasteiger charge is 2.33. The van der Waals surface area contributed by atoms with Crippen molar-refractivity contribution in [1.29, 1.82) is 0 Å². The number of hydrogen-bond acceptors (Lipinski definition) is 4. The lowest BCUT2D eigenvalue weighted by atomic mass is 10.0. The van der Waals surface area contributed by atoms with Crippen LogP contribution in [0.4, 0.5) is 24.7 Å². The third kappa shape index (κ3) is 4.56. The van der Waals surface area contributed by atoms with Crippen molar-refractivity contribution in [1.82, 2.24) is 10.2 Å². The van der Waals surface area contributed by atoms with Gasteiger partial charge in [0.15, 0.2) is 5.82 Å². The molecule has 0 amide bonds. The number of aromatic nitrogens is 2. The van der Waals surface area contributed by atoms with Gasteiger partial charge < -0.3 is 10.1 Å². The minimum atomic E-state index is -4.55. The molecule has 1 aromatic heterocycles. The summed E-state index contributed by atoms with van der Waals surface area (Å²) < 4.78 is 44.7. The highest BCUT2D eigenvalue weighted by molar-refractivity contribution is 6.31. The summed E-state index contributed by atoms with van der Waals surface area (Å²) in [5.41, 5.74) is 1.11. The van der Waals surface area contributed by atoms with Crippen LogP contribution in [0.1, 0.15) is 16.8 Å². The average Bonchev–Trinajstić information content (AvgIpc) is 2.76. The predicted molar refractivity (Wildman–Crippen MR) is 115 cm³/mol. The molecule has 0 saturated heterocycles. The Morgan fingerprint density at radius 2 is 1.65 bits per heavy atom. The fourth-order valence-electron chi connectivity index (χ4n) is 3.28. The van der Waals surface area contributed by atoms with Crippen molar-refractivity contribution < 1.29 is 17.9 Å². The molecule has 4 nitrogen and oxygen atoms in total. The SMILES string of the molecule is COc1ccc(Cc2nnc(Nc3ccc(Cl)c(C(F)(F)F)c3)c3ccccc23)cc1. The normalized spacial score (nSPS) is 11.5. The van der Waals surface area contributed by atoms with Crippen LogP contribution in [0, 0.1) is 0 Å². The highest BCUT2D eigenvalue weighted by atomic mass is 35.5. The molecule has 0 aliphatic rings. The first-order chi connectivity index (χ1) is 14.8. The van der Waals surface area contributed by atoms with E-state index in [-0.39, 0.29) is 10.7 Å². The highest BCUT2D eigenvalue weighted by Crippen LogP contribution is 2.37. The number of halogens is 4. The number of nitrogens with one attached hydrogen (secondary N) is 1. The van der Waals surface area contributed by atoms with Gasteiger partial charge in [0.05, 0.1) is 23.4 Å². The maximum absolute atomic E-state index is 13.2. The fraction of sp³-hybridized carbons (Fsp3) is 0.130. The summed E-state index contributed by atoms with van der Waals surface area (Å²) in [6, 6.07) is 18.8. The topological polar surface area (TPSA) is 47.0 Å². The molecule has 158 valence electrons. The van der Waals surface area contributed by atoms with Gasteiger partial charge in [-0.15, -0.1) is 5.10 Å². The first-order valence-electron chi connectivity index (χ1n) is 9.36. The fourth-order valence-corrected chi connectivity index (χ4v) is 3.50. The van der Waals surface area contributed by atoms with Crippen molar-refractivity contribution in [3.05, 3.63) is 88.6 Å². The summed E-state index contributed by atoms with van der Waals surface area (Å²) in [7, 11) is 1.61. The molecule has 0 unspecified atom stereocenters. The summed E-state index contributed by atoms with van der Waals surface area (Å²) in [6.07, 6.45) is -4.00. The van der Waals surface area contributed by atoms with Gasteiger partial charge in [0.2, 0.25) is 0 Å². The number of rotatable bonds is 5. The maximum Gasteiger partial charge on any atom is 0.417 e. The molecule has 0 aliphatic carbocycles. The second kappa shape index (κ2) is 8.43. The lowest BCUT2D eigenvalue weighted by Crippen LogP contribution is -2.07. The Labute approximate surface area is 181 Å². The molecule has 4 rings (SSSR count). The van der Waals surface area contributed by atoms with Crippen LogP contribution >= 0.6 is 11.6 Å². The number of benzene rings is 3. The van der Waals surface area contributed by atoms with E-state index in [1.807, 2.05) is 48.5 Å². The minimum Gasteiger partial charge on any atom is -0.497 e. The van der Waals surface area contributed by atoms with Crippen LogP contribution in [-0.4, -0.2) is 17.3 Å². The Kier molecular flexibility index (Phi) is 5.69. The van der Waals surface area contributed by atoms with Crippen LogP contribution < -0.4 is 10.1 Å². The van der Waals surface area contributed by atoms with Crippen molar-refractivity contribution in [2.45, 2.75) is 12.6 Å². The molecule has 0 saturated carbocycles. The lowest BCUT2D eigenvalue weighted by molar-refractivity contribution is -0.137. The van der Waals surface area contributed by atoms with Crippen LogP contribution in [0.25, 0.3) is 10.8 Å². The number of methoxy groups -OCH3 is 1. The van der Waals surface area contributed by atoms with Gasteiger partial charge in [-0.25, -0.2) is 0 Å². The molecule has 31 heavy (non-hydrogen) atoms. The van der Waals surface area contributed by atoms with E-state index in [2.05, 4.69) is 15.5 Å². The molecule has 0 spiro atoms. The van der Waals surface area contributed by atoms with E-state index in [1.165, 1.54) is 12.1 Å². The molecule has 3 aromatic carbocycles. The number of ether oxygens (including phenoxy) is 1. The number of anilines is 2. The number of nitrogens with zero attached hydrogens (tertiary/aromatic N) is 2. The quantitative estimate of drug-likeness (QED) is 0.375. The molecule has 0 fully saturated rings. The Morgan fingerprint density at radius 3 is 2.32 bits per heavy atom. The Bertz CT molecular complexity index is 1230. The van der Waals surface area contributed by atoms with E-state index in [1.54, 1.807) is 7.11 Å². The summed E-state index contributed by atoms with van der Waals surface area (Å²) in [4.78, 5) is 0. The van der Waals surface area contributed by atoms with Gasteiger partial charge in [-0.05, 0) is 35.9 Å². The van der Waals surface area contributed by atoms with Crippen LogP contribution in [0.15, 0.2) is 66.7 Å². The largest absolute Gasteiger partial charge is 0.497 e. The maximum atomic E-state index is 13.2. The van der Waals surface area contributed by atoms with Crippen LogP contribution in [0.2, 0.25) is 5.02 Å². The molecule has 0 radical (unpaired) electrons. The minimum absolute atomic E-state index is 0.221. The standard InChI is InChI=1S/C23H17ClF3N3O/c1-31-16-9-6-14(7-10-16)12-21-17-4-2-3-5-18(17)22(30-29-21)28-15-8-11-20(24)19(13-15)23(25,26)27/h2-11,13H,12H2,1H3,(H,28,30). The Balaban J connectivity index is 1.68. The molecule has 0 atom stereocenters. The van der Waals surface area contributed by atoms with Crippen LogP contribution in [0.5, 0.6) is 5.75 Å². The van der Waals surface area contributed by atoms with Crippen molar-refractivity contribution >= 4 is 33.9 Å². The van der Waals surface area contributed by atoms with Crippen LogP contribution in [-0.2, 0) is 12.6 Å². The molecular weight excluding hydrogens is 427 g/mol. The van der Waals surface area contributed by atoms with Crippen molar-refractivity contribution in [3.63, 3.8) is 0 Å². The Hall–Kier alpha value is -3.32. The molecule has 1 N–H and O–H groups in total. The summed E-state index contributed by atoms with van der Waals surface area (Å²) in [5, 5.41) is 12.8. The first kappa shape index (κ1) is 20.9. The van der Waals surface area contributed by atoms with Gasteiger partial charge in [-0.3, -0.25) is 0 Å². The van der Waals surface area contributed by atoms with E-state index < -0.39 is 11.7 Å². The number of alkyl halides is 3. The van der Waals surface area contributed by atoms with Crippen molar-refractivity contribution in [2.24, 2.45) is 0 Å². The zero-order chi connectivity index (χ0) is 22.0. The number of fused-ring (bicyclic) bond motifs is 1. The van der Waals surface area contributed by atoms with Gasteiger partial charge in [0, 0.05) is 22.9 Å². The van der Waals surface area contributed by atoms with Gasteiger partial charge in [0.1, 0.15) is 5.75 Å². The second-order valence-electron chi connectivity index (χ2n) is 6.88. The molecule has 0 aliphatic heterocycles. The molecule has 4 aromatic rings. The molecular formula is C23H17ClF3N3O. The van der Waals surface area contributed by atoms with Crippen molar-refractivity contribution in [2.75, 3.05) is 12.4 Å². The summed E-state index contributed by atoms with van der Waals surface area (Å²) in [6.45, 7) is 0. The molecule has 0 bridgehead atoms. The summed E-state index contributed by atoms with van der Waals surface area (Å²) >= 11 is 5.71. The smallest absolute Gasteiger partial charge is 0.417 e. The van der Waals surface area contributed by atoms with E-state index in [0.29, 0.717) is 12.2 Å². The average molecular weight is 444 g/mol. The van der Waals surface area contributed by atoms with Gasteiger partial charge in [-0.2, -0.15) is 18.3 Å². The molecule has 1 heterocycles. The third-order valence-electron chi connectivity index (χ3n) is 4.83. The van der Waals surface area contributed by atoms with E-state index in [4.69, 9.17) is 16.3 Å². The van der Waals surface area contributed by atoms with Gasteiger partial charge >= 0.3 is 6.18 Å². The van der Waals surface area contributed by atoms with Crippen LogP contribution in [0.3, 0.4) is 0 Å². The van der Waals surface area contributed by atoms with E-state index in [0.717, 1.165) is 33.8 Å². The molecule has 8 heteroatoms. The van der Waals surface area contributed by atoms with E-state index in [9.17, 15) is 13.2 Å². The Morgan fingerprint density at radius 1 is 0.935 bits per heavy atom. The summed E-state index contributed by atoms with van der Waals surface area (Å²) in [5.74, 6) is 1.13. The first-order valence-corrected chi connectivity index (χ1v) is 9.74. The number of hydrogen-bond donors (Lipinski definition) is 1. The zero-order valence-electron chi connectivity index (χ0n) is 16.4. The predicted octanol–water partition coefficient (Wildman–Crippen LogP) is 6.65. The third-order valence-corrected chi connectivity index (χ3v) is 5.16. The van der Waals surface area contributed by atoms with Gasteiger partial charge in [0.25, 0.3) is 0 Å². The second-order valence-corrected chi connectivity index (χ2v) is 7.29. The van der Waals surface area contributed by atoms with Gasteiger partial charge in [-0.1, -0.05) is 48.0 Å². The van der Waals surface area contributed by atoms with Crippen molar-refractivity contribution in [3.8, 4) is 5.75 Å². The zero-order valence-corrected chi connectivity index (χ0v) is 17.1. The lowest BCUT2D eigenvalue weighted by Gasteiger charge is -2.14. The monoisotopic (exact) mass is 443 g/mol. The van der Waals surface area contributed by atoms with E-state index >= 15 is 0 Å².